The maximum absolute atomic E-state index is 12.6. The van der Waals surface area contributed by atoms with Crippen molar-refractivity contribution in [2.24, 2.45) is 5.14 Å². The number of hydrogen-bond acceptors (Lipinski definition) is 6. The molecule has 1 aliphatic heterocycles. The fourth-order valence-corrected chi connectivity index (χ4v) is 3.55. The Morgan fingerprint density at radius 2 is 2.08 bits per heavy atom. The predicted octanol–water partition coefficient (Wildman–Crippen LogP) is 2.32. The van der Waals surface area contributed by atoms with Crippen LogP contribution in [0.1, 0.15) is 47.5 Å². The van der Waals surface area contributed by atoms with Crippen LogP contribution in [0.15, 0.2) is 23.2 Å². The third-order valence-electron chi connectivity index (χ3n) is 4.23. The molecule has 2 rings (SSSR count). The highest BCUT2D eigenvalue weighted by atomic mass is 32.2. The normalized spacial score (nSPS) is 20.1. The van der Waals surface area contributed by atoms with E-state index in [0.29, 0.717) is 12.4 Å². The van der Waals surface area contributed by atoms with Gasteiger partial charge in [-0.1, -0.05) is 6.07 Å². The zero-order chi connectivity index (χ0) is 19.8. The van der Waals surface area contributed by atoms with Crippen molar-refractivity contribution in [1.82, 2.24) is 9.88 Å². The highest BCUT2D eigenvalue weighted by Gasteiger charge is 2.44. The van der Waals surface area contributed by atoms with Gasteiger partial charge in [0, 0.05) is 12.1 Å². The van der Waals surface area contributed by atoms with E-state index in [4.69, 9.17) is 9.88 Å². The zero-order valence-electron chi connectivity index (χ0n) is 15.9. The molecular weight excluding hydrogens is 356 g/mol. The number of carbonyl (C=O) groups is 1. The highest BCUT2D eigenvalue weighted by molar-refractivity contribution is 7.89. The molecule has 1 aromatic heterocycles. The van der Waals surface area contributed by atoms with Gasteiger partial charge in [-0.05, 0) is 59.6 Å². The third-order valence-corrected chi connectivity index (χ3v) is 5.04. The van der Waals surface area contributed by atoms with Crippen molar-refractivity contribution in [1.29, 1.82) is 0 Å². The second kappa shape index (κ2) is 7.03. The first-order valence-electron chi connectivity index (χ1n) is 8.56. The maximum Gasteiger partial charge on any atom is 0.411 e. The Balaban J connectivity index is 2.12. The lowest BCUT2D eigenvalue weighted by Crippen LogP contribution is -2.51. The van der Waals surface area contributed by atoms with Crippen LogP contribution in [0, 0.1) is 0 Å². The minimum Gasteiger partial charge on any atom is -0.444 e. The molecule has 0 aromatic carbocycles. The second-order valence-electron chi connectivity index (χ2n) is 8.14. The van der Waals surface area contributed by atoms with Crippen LogP contribution < -0.4 is 10.5 Å². The number of nitrogens with one attached hydrogen (secondary N) is 1. The van der Waals surface area contributed by atoms with Gasteiger partial charge >= 0.3 is 6.09 Å². The van der Waals surface area contributed by atoms with E-state index in [2.05, 4.69) is 10.3 Å². The molecule has 1 saturated heterocycles. The van der Waals surface area contributed by atoms with Crippen LogP contribution in [-0.4, -0.2) is 48.1 Å². The molecule has 3 N–H and O–H groups in total. The number of nitrogens with zero attached hydrogens (tertiary/aromatic N) is 2. The average Bonchev–Trinajstić information content (AvgIpc) is 2.77. The summed E-state index contributed by atoms with van der Waals surface area (Å²) in [5.74, 6) is 0.394. The van der Waals surface area contributed by atoms with Gasteiger partial charge in [0.15, 0.2) is 5.03 Å². The monoisotopic (exact) mass is 384 g/mol. The van der Waals surface area contributed by atoms with Crippen LogP contribution in [0.5, 0.6) is 0 Å². The van der Waals surface area contributed by atoms with E-state index in [-0.39, 0.29) is 22.7 Å². The fraction of sp³-hybridized carbons (Fsp3) is 0.647. The molecule has 0 radical (unpaired) electrons. The molecule has 0 saturated carbocycles. The second-order valence-corrected chi connectivity index (χ2v) is 9.65. The first-order chi connectivity index (χ1) is 11.8. The number of nitrogens with two attached hydrogens (primary N) is 1. The molecule has 146 valence electrons. The standard InChI is InChI=1S/C17H28N4O4S/c1-16(2,3)25-15(22)21-12(9-10-17(21,4)5)11-19-13-7-6-8-14(20-13)26(18,23)24/h6-8,12H,9-11H2,1-5H3,(H,19,20)(H2,18,23,24)/t12-/m0/s1. The first-order valence-corrected chi connectivity index (χ1v) is 10.1. The molecule has 1 aromatic rings. The molecule has 1 aliphatic rings. The summed E-state index contributed by atoms with van der Waals surface area (Å²) in [5.41, 5.74) is -0.885. The summed E-state index contributed by atoms with van der Waals surface area (Å²) in [4.78, 5) is 18.4. The fourth-order valence-electron chi connectivity index (χ4n) is 3.06. The Labute approximate surface area is 155 Å². The molecule has 2 heterocycles. The van der Waals surface area contributed by atoms with Crippen LogP contribution >= 0.6 is 0 Å². The first kappa shape index (κ1) is 20.4. The Kier molecular flexibility index (Phi) is 5.53. The molecule has 1 amide bonds. The van der Waals surface area contributed by atoms with Gasteiger partial charge in [0.2, 0.25) is 0 Å². The van der Waals surface area contributed by atoms with Crippen molar-refractivity contribution in [3.05, 3.63) is 18.2 Å². The average molecular weight is 385 g/mol. The molecule has 1 atom stereocenters. The molecule has 1 fully saturated rings. The zero-order valence-corrected chi connectivity index (χ0v) is 16.8. The summed E-state index contributed by atoms with van der Waals surface area (Å²) in [5, 5.41) is 8.02. The summed E-state index contributed by atoms with van der Waals surface area (Å²) < 4.78 is 28.4. The van der Waals surface area contributed by atoms with Gasteiger partial charge in [0.05, 0.1) is 6.04 Å². The van der Waals surface area contributed by atoms with E-state index in [1.165, 1.54) is 6.07 Å². The predicted molar refractivity (Wildman–Crippen MR) is 99.3 cm³/mol. The van der Waals surface area contributed by atoms with E-state index < -0.39 is 15.6 Å². The number of primary sulfonamides is 1. The lowest BCUT2D eigenvalue weighted by molar-refractivity contribution is 0.00501. The molecule has 0 spiro atoms. The molecule has 9 heteroatoms. The van der Waals surface area contributed by atoms with Crippen LogP contribution in [0.25, 0.3) is 0 Å². The lowest BCUT2D eigenvalue weighted by atomic mass is 10.0. The number of aromatic nitrogens is 1. The number of likely N-dealkylation sites (tertiary alicyclic amines) is 1. The number of hydrogen-bond donors (Lipinski definition) is 2. The van der Waals surface area contributed by atoms with Gasteiger partial charge in [-0.2, -0.15) is 0 Å². The third kappa shape index (κ3) is 5.07. The quantitative estimate of drug-likeness (QED) is 0.823. The largest absolute Gasteiger partial charge is 0.444 e. The summed E-state index contributed by atoms with van der Waals surface area (Å²) in [6, 6.07) is 4.48. The Morgan fingerprint density at radius 1 is 1.42 bits per heavy atom. The van der Waals surface area contributed by atoms with Crippen molar-refractivity contribution in [3.8, 4) is 0 Å². The molecule has 8 nitrogen and oxygen atoms in total. The van der Waals surface area contributed by atoms with Gasteiger partial charge in [0.25, 0.3) is 10.0 Å². The van der Waals surface area contributed by atoms with Gasteiger partial charge in [-0.15, -0.1) is 0 Å². The van der Waals surface area contributed by atoms with Crippen LogP contribution in [0.4, 0.5) is 10.6 Å². The summed E-state index contributed by atoms with van der Waals surface area (Å²) in [6.07, 6.45) is 1.32. The van der Waals surface area contributed by atoms with Gasteiger partial charge in [0.1, 0.15) is 11.4 Å². The SMILES string of the molecule is CC(C)(C)OC(=O)N1[C@H](CNc2cccc(S(N)(=O)=O)n2)CCC1(C)C. The lowest BCUT2D eigenvalue weighted by Gasteiger charge is -2.37. The van der Waals surface area contributed by atoms with E-state index in [0.717, 1.165) is 12.8 Å². The number of sulfonamides is 1. The van der Waals surface area contributed by atoms with Crippen molar-refractivity contribution < 1.29 is 17.9 Å². The Hall–Kier alpha value is -1.87. The van der Waals surface area contributed by atoms with Crippen molar-refractivity contribution in [3.63, 3.8) is 0 Å². The number of pyridine rings is 1. The Morgan fingerprint density at radius 3 is 2.65 bits per heavy atom. The molecular formula is C17H28N4O4S. The van der Waals surface area contributed by atoms with E-state index in [1.54, 1.807) is 17.0 Å². The van der Waals surface area contributed by atoms with E-state index in [1.807, 2.05) is 34.6 Å². The Bertz CT molecular complexity index is 771. The molecule has 0 bridgehead atoms. The van der Waals surface area contributed by atoms with Crippen LogP contribution in [-0.2, 0) is 14.8 Å². The van der Waals surface area contributed by atoms with Crippen molar-refractivity contribution in [2.45, 2.75) is 69.7 Å². The summed E-state index contributed by atoms with van der Waals surface area (Å²) >= 11 is 0. The number of carbonyl (C=O) groups excluding carboxylic acids is 1. The molecule has 26 heavy (non-hydrogen) atoms. The molecule has 0 aliphatic carbocycles. The summed E-state index contributed by atoms with van der Waals surface area (Å²) in [7, 11) is -3.86. The topological polar surface area (TPSA) is 115 Å². The van der Waals surface area contributed by atoms with Crippen molar-refractivity contribution >= 4 is 21.9 Å². The number of rotatable bonds is 4. The van der Waals surface area contributed by atoms with Crippen molar-refractivity contribution in [2.75, 3.05) is 11.9 Å². The maximum atomic E-state index is 12.6. The van der Waals surface area contributed by atoms with Crippen LogP contribution in [0.2, 0.25) is 0 Å². The minimum atomic E-state index is -3.86. The van der Waals surface area contributed by atoms with Crippen LogP contribution in [0.3, 0.4) is 0 Å². The number of amides is 1. The number of ether oxygens (including phenoxy) is 1. The molecule has 0 unspecified atom stereocenters. The van der Waals surface area contributed by atoms with Gasteiger partial charge in [-0.3, -0.25) is 4.90 Å². The minimum absolute atomic E-state index is 0.0835. The van der Waals surface area contributed by atoms with Gasteiger partial charge in [-0.25, -0.2) is 23.3 Å². The van der Waals surface area contributed by atoms with E-state index in [9.17, 15) is 13.2 Å². The number of anilines is 1. The van der Waals surface area contributed by atoms with Gasteiger partial charge < -0.3 is 10.1 Å². The summed E-state index contributed by atoms with van der Waals surface area (Å²) in [6.45, 7) is 9.97. The highest BCUT2D eigenvalue weighted by Crippen LogP contribution is 2.34. The smallest absolute Gasteiger partial charge is 0.411 e. The van der Waals surface area contributed by atoms with E-state index >= 15 is 0 Å².